The third kappa shape index (κ3) is 4.07. The second-order valence-electron chi connectivity index (χ2n) is 8.63. The smallest absolute Gasteiger partial charge is 0.235 e. The van der Waals surface area contributed by atoms with Crippen LogP contribution in [0.5, 0.6) is 0 Å². The van der Waals surface area contributed by atoms with Crippen LogP contribution in [0.15, 0.2) is 66.0 Å². The number of thiol groups is 1. The molecule has 1 aliphatic rings. The number of benzene rings is 2. The van der Waals surface area contributed by atoms with Crippen LogP contribution in [0, 0.1) is 11.3 Å². The summed E-state index contributed by atoms with van der Waals surface area (Å²) in [6.07, 6.45) is 5.37. The van der Waals surface area contributed by atoms with E-state index < -0.39 is 11.1 Å². The van der Waals surface area contributed by atoms with Crippen molar-refractivity contribution >= 4 is 22.4 Å². The van der Waals surface area contributed by atoms with Crippen LogP contribution in [0.2, 0.25) is 0 Å². The molecule has 172 valence electrons. The quantitative estimate of drug-likeness (QED) is 0.344. The summed E-state index contributed by atoms with van der Waals surface area (Å²) in [7, 11) is 0. The lowest BCUT2D eigenvalue weighted by atomic mass is 10.0. The Morgan fingerprint density at radius 1 is 1.06 bits per heavy atom. The van der Waals surface area contributed by atoms with Gasteiger partial charge < -0.3 is 10.2 Å². The topological polar surface area (TPSA) is 107 Å². The van der Waals surface area contributed by atoms with Crippen LogP contribution in [0.25, 0.3) is 27.9 Å². The highest BCUT2D eigenvalue weighted by atomic mass is 32.2. The summed E-state index contributed by atoms with van der Waals surface area (Å²) >= 11 is -2.56. The number of fused-ring (bicyclic) bond motifs is 1. The highest BCUT2D eigenvalue weighted by Crippen LogP contribution is 2.29. The van der Waals surface area contributed by atoms with Gasteiger partial charge in [-0.2, -0.15) is 14.9 Å². The van der Waals surface area contributed by atoms with Crippen molar-refractivity contribution in [3.8, 4) is 28.3 Å². The van der Waals surface area contributed by atoms with E-state index in [0.29, 0.717) is 34.4 Å². The number of nitriles is 1. The number of hydrogen-bond donors (Lipinski definition) is 2. The van der Waals surface area contributed by atoms with E-state index in [0.717, 1.165) is 24.2 Å². The molecule has 0 aliphatic carbocycles. The second-order valence-corrected chi connectivity index (χ2v) is 9.70. The first-order valence-corrected chi connectivity index (χ1v) is 12.3. The Hall–Kier alpha value is -3.58. The molecule has 1 saturated heterocycles. The largest absolute Gasteiger partial charge is 0.364 e. The van der Waals surface area contributed by atoms with E-state index in [1.807, 2.05) is 12.3 Å². The Labute approximate surface area is 200 Å². The molecule has 4 aromatic rings. The fourth-order valence-corrected chi connectivity index (χ4v) is 5.14. The Morgan fingerprint density at radius 2 is 1.79 bits per heavy atom. The average molecular weight is 474 g/mol. The Balaban J connectivity index is 1.47. The first-order valence-electron chi connectivity index (χ1n) is 11.1. The van der Waals surface area contributed by atoms with Crippen LogP contribution in [0.1, 0.15) is 19.4 Å². The van der Waals surface area contributed by atoms with Crippen molar-refractivity contribution in [3.05, 3.63) is 66.6 Å². The van der Waals surface area contributed by atoms with Crippen molar-refractivity contribution in [2.24, 2.45) is 0 Å². The van der Waals surface area contributed by atoms with E-state index in [1.54, 1.807) is 29.0 Å². The molecule has 0 bridgehead atoms. The molecular weight excluding hydrogens is 448 g/mol. The van der Waals surface area contributed by atoms with Gasteiger partial charge in [-0.3, -0.25) is 0 Å². The van der Waals surface area contributed by atoms with Crippen LogP contribution >= 0.6 is 0 Å². The lowest BCUT2D eigenvalue weighted by Crippen LogP contribution is -2.55. The zero-order valence-electron chi connectivity index (χ0n) is 18.9. The molecular formula is C25H25N6O2S+. The molecule has 0 saturated carbocycles. The van der Waals surface area contributed by atoms with Gasteiger partial charge in [0, 0.05) is 66.5 Å². The Bertz CT molecular complexity index is 1420. The molecule has 1 unspecified atom stereocenters. The zero-order chi connectivity index (χ0) is 23.8. The van der Waals surface area contributed by atoms with Crippen molar-refractivity contribution in [2.45, 2.75) is 30.8 Å². The number of nitrogens with one attached hydrogen (secondary N) is 1. The van der Waals surface area contributed by atoms with Gasteiger partial charge in [0.1, 0.15) is 0 Å². The second kappa shape index (κ2) is 8.99. The maximum Gasteiger partial charge on any atom is 0.235 e. The highest BCUT2D eigenvalue weighted by molar-refractivity contribution is 7.79. The minimum Gasteiger partial charge on any atom is -0.364 e. The number of aromatic nitrogens is 3. The van der Waals surface area contributed by atoms with E-state index in [9.17, 15) is 14.0 Å². The van der Waals surface area contributed by atoms with Gasteiger partial charge in [-0.1, -0.05) is 16.3 Å². The van der Waals surface area contributed by atoms with E-state index in [1.165, 1.54) is 11.8 Å². The van der Waals surface area contributed by atoms with Crippen molar-refractivity contribution in [3.63, 3.8) is 0 Å². The highest BCUT2D eigenvalue weighted by Gasteiger charge is 2.24. The van der Waals surface area contributed by atoms with Crippen molar-refractivity contribution in [1.29, 1.82) is 5.26 Å². The van der Waals surface area contributed by atoms with E-state index in [4.69, 9.17) is 0 Å². The summed E-state index contributed by atoms with van der Waals surface area (Å²) < 4.78 is 22.8. The van der Waals surface area contributed by atoms with Crippen molar-refractivity contribution < 1.29 is 8.76 Å². The van der Waals surface area contributed by atoms with Gasteiger partial charge in [0.05, 0.1) is 17.8 Å². The molecule has 0 radical (unpaired) electrons. The van der Waals surface area contributed by atoms with Crippen molar-refractivity contribution in [1.82, 2.24) is 19.9 Å². The van der Waals surface area contributed by atoms with Gasteiger partial charge in [-0.25, -0.2) is 9.50 Å². The van der Waals surface area contributed by atoms with Gasteiger partial charge in [0.25, 0.3) is 0 Å². The minimum absolute atomic E-state index is 0.202. The molecule has 3 atom stereocenters. The molecule has 2 aromatic heterocycles. The van der Waals surface area contributed by atoms with Gasteiger partial charge in [-0.05, 0) is 43.2 Å². The molecule has 1 aliphatic heterocycles. The summed E-state index contributed by atoms with van der Waals surface area (Å²) in [4.78, 5) is 7.28. The fraction of sp³-hybridized carbons (Fsp3) is 0.240. The molecule has 34 heavy (non-hydrogen) atoms. The normalized spacial score (nSPS) is 19.2. The van der Waals surface area contributed by atoms with Gasteiger partial charge in [0.15, 0.2) is 10.5 Å². The average Bonchev–Trinajstić information content (AvgIpc) is 3.27. The standard InChI is InChI=1S/C25H24N6O2S/c1-16-11-27-12-17(2)31(16)22-5-3-19(4-6-22)21-13-28-25-24(14-29-30(25)15-21)20-7-18(10-26)8-23(9-20)34(32)33/h3-9,13-17,27H,11-12H2,1-2H3,(H,32,33)/p+1/t16-,17+. The van der Waals surface area contributed by atoms with Gasteiger partial charge >= 0.3 is 0 Å². The molecule has 8 nitrogen and oxygen atoms in total. The van der Waals surface area contributed by atoms with Crippen LogP contribution in [-0.4, -0.2) is 44.3 Å². The SMILES string of the molecule is C[C@@H]1CNC[C@H](C)N1c1ccc(-c2cnc3c(-c4cc(C#N)cc([SH+](=O)O)c4)cnn3c2)cc1. The van der Waals surface area contributed by atoms with Crippen LogP contribution in [-0.2, 0) is 15.3 Å². The lowest BCUT2D eigenvalue weighted by Gasteiger charge is -2.41. The zero-order valence-corrected chi connectivity index (χ0v) is 19.8. The molecule has 0 amide bonds. The molecule has 0 spiro atoms. The predicted molar refractivity (Wildman–Crippen MR) is 133 cm³/mol. The number of nitrogens with zero attached hydrogens (tertiary/aromatic N) is 5. The lowest BCUT2D eigenvalue weighted by molar-refractivity contribution is 0.432. The number of hydrogen-bond acceptors (Lipinski definition) is 6. The van der Waals surface area contributed by atoms with Crippen LogP contribution < -0.4 is 10.2 Å². The predicted octanol–water partition coefficient (Wildman–Crippen LogP) is 3.65. The summed E-state index contributed by atoms with van der Waals surface area (Å²) in [5, 5.41) is 17.2. The molecule has 1 fully saturated rings. The monoisotopic (exact) mass is 473 g/mol. The van der Waals surface area contributed by atoms with E-state index >= 15 is 0 Å². The van der Waals surface area contributed by atoms with Gasteiger partial charge in [-0.15, -0.1) is 0 Å². The molecule has 2 aromatic carbocycles. The molecule has 2 N–H and O–H groups in total. The summed E-state index contributed by atoms with van der Waals surface area (Å²) in [6, 6.07) is 16.1. The van der Waals surface area contributed by atoms with Crippen LogP contribution in [0.3, 0.4) is 0 Å². The Morgan fingerprint density at radius 3 is 2.47 bits per heavy atom. The van der Waals surface area contributed by atoms with Crippen LogP contribution in [0.4, 0.5) is 5.69 Å². The summed E-state index contributed by atoms with van der Waals surface area (Å²) in [6.45, 7) is 6.42. The Kier molecular flexibility index (Phi) is 5.87. The summed E-state index contributed by atoms with van der Waals surface area (Å²) in [5.74, 6) is 0. The van der Waals surface area contributed by atoms with Crippen molar-refractivity contribution in [2.75, 3.05) is 18.0 Å². The first-order chi connectivity index (χ1) is 16.4. The van der Waals surface area contributed by atoms with E-state index in [-0.39, 0.29) is 4.90 Å². The van der Waals surface area contributed by atoms with Gasteiger partial charge in [0.2, 0.25) is 11.1 Å². The molecule has 5 rings (SSSR count). The number of rotatable bonds is 4. The first kappa shape index (κ1) is 22.2. The third-order valence-corrected chi connectivity index (χ3v) is 6.96. The number of piperazine rings is 1. The maximum absolute atomic E-state index is 11.6. The fourth-order valence-electron chi connectivity index (χ4n) is 4.64. The summed E-state index contributed by atoms with van der Waals surface area (Å²) in [5.41, 5.74) is 5.42. The number of anilines is 1. The third-order valence-electron chi connectivity index (χ3n) is 6.26. The van der Waals surface area contributed by atoms with E-state index in [2.05, 4.69) is 58.4 Å². The minimum atomic E-state index is -2.56. The maximum atomic E-state index is 11.6. The molecule has 9 heteroatoms. The molecule has 3 heterocycles.